The third-order valence-electron chi connectivity index (χ3n) is 4.95. The summed E-state index contributed by atoms with van der Waals surface area (Å²) in [5.74, 6) is 2.06. The summed E-state index contributed by atoms with van der Waals surface area (Å²) in [5, 5.41) is 0. The molecule has 2 aromatic carbocycles. The Morgan fingerprint density at radius 3 is 1.89 bits per heavy atom. The Morgan fingerprint density at radius 1 is 0.815 bits per heavy atom. The van der Waals surface area contributed by atoms with Crippen molar-refractivity contribution >= 4 is 15.9 Å². The van der Waals surface area contributed by atoms with E-state index in [1.54, 1.807) is 21.3 Å². The van der Waals surface area contributed by atoms with Crippen LogP contribution in [-0.2, 0) is 13.1 Å². The lowest BCUT2D eigenvalue weighted by Gasteiger charge is -2.35. The van der Waals surface area contributed by atoms with Crippen LogP contribution in [0.5, 0.6) is 17.2 Å². The smallest absolute Gasteiger partial charge is 0.203 e. The molecule has 0 atom stereocenters. The summed E-state index contributed by atoms with van der Waals surface area (Å²) in [6.45, 7) is 6.07. The van der Waals surface area contributed by atoms with Gasteiger partial charge in [-0.1, -0.05) is 34.1 Å². The summed E-state index contributed by atoms with van der Waals surface area (Å²) in [7, 11) is 4.94. The number of rotatable bonds is 7. The van der Waals surface area contributed by atoms with Crippen molar-refractivity contribution < 1.29 is 14.2 Å². The van der Waals surface area contributed by atoms with E-state index in [0.717, 1.165) is 39.3 Å². The van der Waals surface area contributed by atoms with Gasteiger partial charge in [-0.2, -0.15) is 0 Å². The van der Waals surface area contributed by atoms with Gasteiger partial charge in [0.1, 0.15) is 0 Å². The first-order valence-electron chi connectivity index (χ1n) is 9.11. The van der Waals surface area contributed by atoms with Gasteiger partial charge in [0.05, 0.1) is 21.3 Å². The number of nitrogens with zero attached hydrogens (tertiary/aromatic N) is 2. The summed E-state index contributed by atoms with van der Waals surface area (Å²) in [6.07, 6.45) is 0. The molecule has 0 saturated carbocycles. The lowest BCUT2D eigenvalue weighted by molar-refractivity contribution is 0.121. The van der Waals surface area contributed by atoms with Crippen LogP contribution in [0.1, 0.15) is 11.1 Å². The maximum absolute atomic E-state index is 5.47. The van der Waals surface area contributed by atoms with Gasteiger partial charge in [-0.05, 0) is 29.3 Å². The van der Waals surface area contributed by atoms with Crippen LogP contribution in [0.2, 0.25) is 0 Å². The van der Waals surface area contributed by atoms with Crippen molar-refractivity contribution in [3.05, 3.63) is 52.0 Å². The predicted molar refractivity (Wildman–Crippen MR) is 111 cm³/mol. The lowest BCUT2D eigenvalue weighted by atomic mass is 10.1. The molecule has 0 unspecified atom stereocenters. The first-order chi connectivity index (χ1) is 13.1. The van der Waals surface area contributed by atoms with Gasteiger partial charge in [0.15, 0.2) is 11.5 Å². The Hall–Kier alpha value is -1.76. The molecule has 0 aromatic heterocycles. The van der Waals surface area contributed by atoms with Crippen molar-refractivity contribution in [2.24, 2.45) is 0 Å². The van der Waals surface area contributed by atoms with Crippen molar-refractivity contribution in [1.29, 1.82) is 0 Å². The topological polar surface area (TPSA) is 34.2 Å². The van der Waals surface area contributed by atoms with Crippen molar-refractivity contribution in [3.63, 3.8) is 0 Å². The fraction of sp³-hybridized carbons (Fsp3) is 0.429. The van der Waals surface area contributed by atoms with Gasteiger partial charge in [0.2, 0.25) is 5.75 Å². The second-order valence-corrected chi connectivity index (χ2v) is 7.53. The molecule has 0 amide bonds. The number of hydrogen-bond donors (Lipinski definition) is 0. The van der Waals surface area contributed by atoms with Crippen LogP contribution in [0.25, 0.3) is 0 Å². The van der Waals surface area contributed by atoms with E-state index in [4.69, 9.17) is 14.2 Å². The van der Waals surface area contributed by atoms with E-state index in [1.165, 1.54) is 15.6 Å². The molecular formula is C21H27BrN2O3. The van der Waals surface area contributed by atoms with Gasteiger partial charge in [-0.3, -0.25) is 9.80 Å². The fourth-order valence-electron chi connectivity index (χ4n) is 3.46. The number of hydrogen-bond acceptors (Lipinski definition) is 5. The van der Waals surface area contributed by atoms with Crippen LogP contribution in [0.3, 0.4) is 0 Å². The normalized spacial score (nSPS) is 15.6. The van der Waals surface area contributed by atoms with Crippen molar-refractivity contribution in [1.82, 2.24) is 9.80 Å². The van der Waals surface area contributed by atoms with Crippen molar-refractivity contribution in [2.45, 2.75) is 13.1 Å². The predicted octanol–water partition coefficient (Wildman–Crippen LogP) is 3.79. The zero-order valence-corrected chi connectivity index (χ0v) is 17.8. The molecule has 1 fully saturated rings. The molecule has 0 N–H and O–H groups in total. The number of halogens is 1. The Labute approximate surface area is 169 Å². The highest BCUT2D eigenvalue weighted by molar-refractivity contribution is 9.10. The molecule has 146 valence electrons. The van der Waals surface area contributed by atoms with E-state index >= 15 is 0 Å². The monoisotopic (exact) mass is 434 g/mol. The molecule has 3 rings (SSSR count). The molecule has 5 nitrogen and oxygen atoms in total. The number of piperazine rings is 1. The SMILES string of the molecule is COc1cc(CN2CCN(Cc3ccccc3Br)CC2)cc(OC)c1OC. The molecule has 1 aliphatic rings. The molecule has 0 aliphatic carbocycles. The Morgan fingerprint density at radius 2 is 1.37 bits per heavy atom. The minimum absolute atomic E-state index is 0.641. The van der Waals surface area contributed by atoms with Gasteiger partial charge < -0.3 is 14.2 Å². The van der Waals surface area contributed by atoms with Gasteiger partial charge in [-0.25, -0.2) is 0 Å². The van der Waals surface area contributed by atoms with Gasteiger partial charge in [-0.15, -0.1) is 0 Å². The van der Waals surface area contributed by atoms with Crippen LogP contribution < -0.4 is 14.2 Å². The Bertz CT molecular complexity index is 736. The summed E-state index contributed by atoms with van der Waals surface area (Å²) >= 11 is 3.65. The Balaban J connectivity index is 1.60. The largest absolute Gasteiger partial charge is 0.493 e. The third-order valence-corrected chi connectivity index (χ3v) is 5.72. The minimum Gasteiger partial charge on any atom is -0.493 e. The highest BCUT2D eigenvalue weighted by Gasteiger charge is 2.19. The molecule has 6 heteroatoms. The van der Waals surface area contributed by atoms with Gasteiger partial charge in [0.25, 0.3) is 0 Å². The quantitative estimate of drug-likeness (QED) is 0.661. The summed E-state index contributed by atoms with van der Waals surface area (Å²) in [4.78, 5) is 4.98. The van der Waals surface area contributed by atoms with E-state index in [-0.39, 0.29) is 0 Å². The fourth-order valence-corrected chi connectivity index (χ4v) is 3.87. The number of ether oxygens (including phenoxy) is 3. The van der Waals surface area contributed by atoms with Crippen LogP contribution in [-0.4, -0.2) is 57.3 Å². The van der Waals surface area contributed by atoms with Crippen LogP contribution in [0.4, 0.5) is 0 Å². The maximum atomic E-state index is 5.47. The van der Waals surface area contributed by atoms with E-state index in [0.29, 0.717) is 17.2 Å². The standard InChI is InChI=1S/C21H27BrN2O3/c1-25-19-12-16(13-20(26-2)21(19)27-3)14-23-8-10-24(11-9-23)15-17-6-4-5-7-18(17)22/h4-7,12-13H,8-11,14-15H2,1-3H3. The summed E-state index contributed by atoms with van der Waals surface area (Å²) < 4.78 is 17.5. The molecule has 1 heterocycles. The molecule has 0 radical (unpaired) electrons. The lowest BCUT2D eigenvalue weighted by Crippen LogP contribution is -2.45. The zero-order chi connectivity index (χ0) is 19.2. The molecule has 1 aliphatic heterocycles. The molecular weight excluding hydrogens is 408 g/mol. The van der Waals surface area contributed by atoms with Gasteiger partial charge >= 0.3 is 0 Å². The first kappa shape index (κ1) is 20.0. The average Bonchev–Trinajstić information content (AvgIpc) is 2.70. The number of benzene rings is 2. The Kier molecular flexibility index (Phi) is 6.99. The maximum Gasteiger partial charge on any atom is 0.203 e. The average molecular weight is 435 g/mol. The molecule has 1 saturated heterocycles. The molecule has 2 aromatic rings. The molecule has 0 bridgehead atoms. The van der Waals surface area contributed by atoms with E-state index in [9.17, 15) is 0 Å². The number of methoxy groups -OCH3 is 3. The van der Waals surface area contributed by atoms with Gasteiger partial charge in [0, 0.05) is 43.7 Å². The second kappa shape index (κ2) is 9.44. The highest BCUT2D eigenvalue weighted by Crippen LogP contribution is 2.38. The highest BCUT2D eigenvalue weighted by atomic mass is 79.9. The van der Waals surface area contributed by atoms with E-state index in [2.05, 4.69) is 50.0 Å². The first-order valence-corrected chi connectivity index (χ1v) is 9.91. The summed E-state index contributed by atoms with van der Waals surface area (Å²) in [6, 6.07) is 12.5. The van der Waals surface area contributed by atoms with Crippen LogP contribution in [0.15, 0.2) is 40.9 Å². The summed E-state index contributed by atoms with van der Waals surface area (Å²) in [5.41, 5.74) is 2.51. The van der Waals surface area contributed by atoms with Crippen molar-refractivity contribution in [3.8, 4) is 17.2 Å². The molecule has 0 spiro atoms. The zero-order valence-electron chi connectivity index (χ0n) is 16.2. The second-order valence-electron chi connectivity index (χ2n) is 6.68. The minimum atomic E-state index is 0.641. The van der Waals surface area contributed by atoms with Crippen LogP contribution in [0, 0.1) is 0 Å². The van der Waals surface area contributed by atoms with Crippen molar-refractivity contribution in [2.75, 3.05) is 47.5 Å². The van der Waals surface area contributed by atoms with E-state index in [1.807, 2.05) is 12.1 Å². The van der Waals surface area contributed by atoms with Crippen LogP contribution >= 0.6 is 15.9 Å². The molecule has 27 heavy (non-hydrogen) atoms. The third kappa shape index (κ3) is 4.94. The van der Waals surface area contributed by atoms with E-state index < -0.39 is 0 Å².